The molecule has 0 saturated carbocycles. The highest BCUT2D eigenvalue weighted by molar-refractivity contribution is 6.00. The highest BCUT2D eigenvalue weighted by Crippen LogP contribution is 2.33. The lowest BCUT2D eigenvalue weighted by atomic mass is 10.1. The van der Waals surface area contributed by atoms with E-state index in [1.807, 2.05) is 73.1 Å². The van der Waals surface area contributed by atoms with E-state index < -0.39 is 0 Å². The summed E-state index contributed by atoms with van der Waals surface area (Å²) in [6.07, 6.45) is 6.09. The number of amidine groups is 1. The monoisotopic (exact) mass is 407 g/mol. The fourth-order valence-electron chi connectivity index (χ4n) is 3.84. The van der Waals surface area contributed by atoms with Gasteiger partial charge in [0, 0.05) is 6.42 Å². The van der Waals surface area contributed by atoms with Crippen LogP contribution in [0.25, 0.3) is 0 Å². The molecule has 5 rings (SSSR count). The summed E-state index contributed by atoms with van der Waals surface area (Å²) in [7, 11) is 0. The van der Waals surface area contributed by atoms with Crippen molar-refractivity contribution in [3.8, 4) is 5.75 Å². The lowest BCUT2D eigenvalue weighted by Gasteiger charge is -2.26. The van der Waals surface area contributed by atoms with Crippen molar-refractivity contribution in [3.05, 3.63) is 125 Å². The Morgan fingerprint density at radius 3 is 2.35 bits per heavy atom. The minimum absolute atomic E-state index is 0.00774. The maximum atomic E-state index is 6.83. The largest absolute Gasteiger partial charge is 0.489 e. The summed E-state index contributed by atoms with van der Waals surface area (Å²) < 4.78 is 6.03. The standard InChI is InChI=1S/C26H23N4O/c27-30-15-14-28-18-25(30)24(16-20-8-3-1-4-9-20)29-26(30)22-12-7-13-23(17-22)31-19-21-10-5-2-6-11-21/h1-15,17-18H,16,19,27H2/q+1. The number of aliphatic imine (C=N–C) groups is 2. The summed E-state index contributed by atoms with van der Waals surface area (Å²) >= 11 is 0. The molecule has 0 amide bonds. The van der Waals surface area contributed by atoms with E-state index in [4.69, 9.17) is 15.6 Å². The van der Waals surface area contributed by atoms with Gasteiger partial charge in [0.25, 0.3) is 5.84 Å². The Bertz CT molecular complexity index is 1210. The SMILES string of the molecule is N[N+]12C=CN=CC1=C(Cc1ccccc1)N=C2c1cccc(OCc2ccccc2)c1. The molecular formula is C26H23N4O+. The second-order valence-electron chi connectivity index (χ2n) is 7.59. The molecule has 2 aliphatic rings. The Hall–Kier alpha value is -3.80. The molecule has 3 aromatic carbocycles. The van der Waals surface area contributed by atoms with Crippen LogP contribution in [0.3, 0.4) is 0 Å². The van der Waals surface area contributed by atoms with E-state index >= 15 is 0 Å². The van der Waals surface area contributed by atoms with Crippen LogP contribution < -0.4 is 10.6 Å². The van der Waals surface area contributed by atoms with E-state index in [1.54, 1.807) is 6.20 Å². The van der Waals surface area contributed by atoms with Crippen LogP contribution in [0.5, 0.6) is 5.75 Å². The Kier molecular flexibility index (Phi) is 5.04. The zero-order valence-corrected chi connectivity index (χ0v) is 17.1. The van der Waals surface area contributed by atoms with Gasteiger partial charge in [0.1, 0.15) is 24.3 Å². The molecule has 5 heteroatoms. The number of quaternary nitrogens is 1. The van der Waals surface area contributed by atoms with E-state index in [-0.39, 0.29) is 4.59 Å². The molecule has 0 radical (unpaired) electrons. The number of rotatable bonds is 6. The Balaban J connectivity index is 1.45. The smallest absolute Gasteiger partial charge is 0.265 e. The van der Waals surface area contributed by atoms with Crippen LogP contribution in [0, 0.1) is 0 Å². The number of allylic oxidation sites excluding steroid dienone is 2. The number of hydrogen-bond acceptors (Lipinski definition) is 4. The van der Waals surface area contributed by atoms with Gasteiger partial charge in [0.2, 0.25) is 5.70 Å². The summed E-state index contributed by atoms with van der Waals surface area (Å²) in [6, 6.07) is 28.3. The summed E-state index contributed by atoms with van der Waals surface area (Å²) in [5.41, 5.74) is 5.04. The lowest BCUT2D eigenvalue weighted by Crippen LogP contribution is -2.53. The number of nitrogens with two attached hydrogens (primary N) is 1. The number of fused-ring (bicyclic) bond motifs is 1. The first-order valence-electron chi connectivity index (χ1n) is 10.2. The molecule has 0 fully saturated rings. The van der Waals surface area contributed by atoms with Gasteiger partial charge >= 0.3 is 0 Å². The predicted molar refractivity (Wildman–Crippen MR) is 123 cm³/mol. The third-order valence-electron chi connectivity index (χ3n) is 5.43. The fourth-order valence-corrected chi connectivity index (χ4v) is 3.84. The molecule has 2 aliphatic heterocycles. The molecule has 1 unspecified atom stereocenters. The van der Waals surface area contributed by atoms with Crippen LogP contribution in [0.4, 0.5) is 0 Å². The molecule has 2 heterocycles. The molecule has 0 aromatic heterocycles. The highest BCUT2D eigenvalue weighted by atomic mass is 16.5. The van der Waals surface area contributed by atoms with Gasteiger partial charge in [-0.2, -0.15) is 10.8 Å². The average Bonchev–Trinajstić information content (AvgIpc) is 3.11. The number of nitrogens with zero attached hydrogens (tertiary/aromatic N) is 3. The highest BCUT2D eigenvalue weighted by Gasteiger charge is 2.43. The number of benzene rings is 3. The normalized spacial score (nSPS) is 19.3. The first kappa shape index (κ1) is 19.2. The molecule has 0 aliphatic carbocycles. The van der Waals surface area contributed by atoms with Gasteiger partial charge in [-0.15, -0.1) is 4.59 Å². The van der Waals surface area contributed by atoms with Gasteiger partial charge in [-0.1, -0.05) is 66.7 Å². The number of hydrogen-bond donors (Lipinski definition) is 1. The van der Waals surface area contributed by atoms with E-state index in [0.717, 1.165) is 34.1 Å². The van der Waals surface area contributed by atoms with Crippen LogP contribution >= 0.6 is 0 Å². The lowest BCUT2D eigenvalue weighted by molar-refractivity contribution is -0.750. The minimum atomic E-state index is 0.00774. The van der Waals surface area contributed by atoms with Crippen LogP contribution in [0.1, 0.15) is 16.7 Å². The molecular weight excluding hydrogens is 384 g/mol. The van der Waals surface area contributed by atoms with Gasteiger partial charge in [0.15, 0.2) is 0 Å². The molecule has 5 nitrogen and oxygen atoms in total. The maximum absolute atomic E-state index is 6.83. The van der Waals surface area contributed by atoms with Crippen molar-refractivity contribution in [2.75, 3.05) is 0 Å². The van der Waals surface area contributed by atoms with Crippen molar-refractivity contribution in [1.29, 1.82) is 0 Å². The summed E-state index contributed by atoms with van der Waals surface area (Å²) in [4.78, 5) is 9.28. The maximum Gasteiger partial charge on any atom is 0.265 e. The van der Waals surface area contributed by atoms with E-state index in [0.29, 0.717) is 13.0 Å². The summed E-state index contributed by atoms with van der Waals surface area (Å²) in [5, 5.41) is 0. The molecule has 3 aromatic rings. The Morgan fingerprint density at radius 1 is 0.839 bits per heavy atom. The predicted octanol–water partition coefficient (Wildman–Crippen LogP) is 4.73. The molecule has 0 bridgehead atoms. The first-order chi connectivity index (χ1) is 15.2. The second-order valence-corrected chi connectivity index (χ2v) is 7.59. The third kappa shape index (κ3) is 3.84. The second kappa shape index (κ2) is 8.14. The topological polar surface area (TPSA) is 60.0 Å². The fraction of sp³-hybridized carbons (Fsp3) is 0.0769. The van der Waals surface area contributed by atoms with Crippen LogP contribution in [0.15, 0.2) is 119 Å². The minimum Gasteiger partial charge on any atom is -0.489 e. The van der Waals surface area contributed by atoms with Crippen LogP contribution in [0.2, 0.25) is 0 Å². The van der Waals surface area contributed by atoms with Gasteiger partial charge < -0.3 is 4.74 Å². The Morgan fingerprint density at radius 2 is 1.58 bits per heavy atom. The average molecular weight is 407 g/mol. The quantitative estimate of drug-likeness (QED) is 0.474. The summed E-state index contributed by atoms with van der Waals surface area (Å²) in [6.45, 7) is 0.509. The summed E-state index contributed by atoms with van der Waals surface area (Å²) in [5.74, 6) is 8.37. The van der Waals surface area contributed by atoms with Gasteiger partial charge in [-0.3, -0.25) is 4.99 Å². The first-order valence-corrected chi connectivity index (χ1v) is 10.2. The molecule has 31 heavy (non-hydrogen) atoms. The zero-order valence-electron chi connectivity index (χ0n) is 17.1. The molecule has 1 atom stereocenters. The number of ether oxygens (including phenoxy) is 1. The van der Waals surface area contributed by atoms with Crippen LogP contribution in [-0.2, 0) is 13.0 Å². The van der Waals surface area contributed by atoms with Crippen LogP contribution in [-0.4, -0.2) is 16.6 Å². The van der Waals surface area contributed by atoms with Crippen molar-refractivity contribution < 1.29 is 9.33 Å². The molecule has 152 valence electrons. The van der Waals surface area contributed by atoms with Gasteiger partial charge in [-0.05, 0) is 29.3 Å². The van der Waals surface area contributed by atoms with Crippen molar-refractivity contribution in [2.45, 2.75) is 13.0 Å². The molecule has 2 N–H and O–H groups in total. The Labute approximate surface area is 181 Å². The molecule has 0 spiro atoms. The zero-order chi connectivity index (χ0) is 21.1. The van der Waals surface area contributed by atoms with E-state index in [2.05, 4.69) is 29.3 Å². The van der Waals surface area contributed by atoms with Crippen molar-refractivity contribution >= 4 is 12.1 Å². The van der Waals surface area contributed by atoms with Crippen molar-refractivity contribution in [1.82, 2.24) is 0 Å². The van der Waals surface area contributed by atoms with Crippen molar-refractivity contribution in [2.24, 2.45) is 15.8 Å². The van der Waals surface area contributed by atoms with Gasteiger partial charge in [-0.25, -0.2) is 0 Å². The van der Waals surface area contributed by atoms with Gasteiger partial charge in [0.05, 0.1) is 18.0 Å². The third-order valence-corrected chi connectivity index (χ3v) is 5.43. The van der Waals surface area contributed by atoms with E-state index in [1.165, 1.54) is 5.56 Å². The van der Waals surface area contributed by atoms with Crippen molar-refractivity contribution in [3.63, 3.8) is 0 Å². The molecule has 0 saturated heterocycles. The van der Waals surface area contributed by atoms with E-state index in [9.17, 15) is 0 Å².